The highest BCUT2D eigenvalue weighted by Gasteiger charge is 2.27. The summed E-state index contributed by atoms with van der Waals surface area (Å²) in [6, 6.07) is 4.31. The molecule has 0 saturated carbocycles. The predicted octanol–water partition coefficient (Wildman–Crippen LogP) is 1.44. The molecule has 2 aromatic heterocycles. The lowest BCUT2D eigenvalue weighted by Crippen LogP contribution is -2.37. The third-order valence-electron chi connectivity index (χ3n) is 4.01. The Bertz CT molecular complexity index is 628. The van der Waals surface area contributed by atoms with Gasteiger partial charge in [0.1, 0.15) is 11.5 Å². The van der Waals surface area contributed by atoms with Crippen molar-refractivity contribution in [3.63, 3.8) is 0 Å². The van der Waals surface area contributed by atoms with Crippen molar-refractivity contribution in [2.24, 2.45) is 0 Å². The van der Waals surface area contributed by atoms with Crippen LogP contribution in [0.15, 0.2) is 23.1 Å². The smallest absolute Gasteiger partial charge is 0.183 e. The summed E-state index contributed by atoms with van der Waals surface area (Å²) in [6.45, 7) is 5.68. The predicted molar refractivity (Wildman–Crippen MR) is 74.4 cm³/mol. The zero-order valence-electron chi connectivity index (χ0n) is 11.5. The van der Waals surface area contributed by atoms with Crippen LogP contribution in [0.25, 0.3) is 5.65 Å². The second-order valence-corrected chi connectivity index (χ2v) is 5.59. The SMILES string of the molecule is CC(C)N1CCCC1Cc1n[nH]c2cc(=O)ccn12. The highest BCUT2D eigenvalue weighted by molar-refractivity contribution is 5.37. The first-order valence-electron chi connectivity index (χ1n) is 6.96. The van der Waals surface area contributed by atoms with Crippen LogP contribution in [-0.2, 0) is 6.42 Å². The molecular formula is C14H20N4O. The summed E-state index contributed by atoms with van der Waals surface area (Å²) < 4.78 is 1.98. The fraction of sp³-hybridized carbons (Fsp3) is 0.571. The summed E-state index contributed by atoms with van der Waals surface area (Å²) in [4.78, 5) is 13.9. The van der Waals surface area contributed by atoms with E-state index in [1.165, 1.54) is 19.4 Å². The summed E-state index contributed by atoms with van der Waals surface area (Å²) in [5.41, 5.74) is 0.788. The first-order valence-corrected chi connectivity index (χ1v) is 6.96. The number of aromatic amines is 1. The molecule has 5 heteroatoms. The normalized spacial score (nSPS) is 20.7. The van der Waals surface area contributed by atoms with Crippen LogP contribution < -0.4 is 5.43 Å². The van der Waals surface area contributed by atoms with E-state index >= 15 is 0 Å². The molecule has 3 heterocycles. The molecule has 0 amide bonds. The molecule has 1 aliphatic heterocycles. The zero-order valence-corrected chi connectivity index (χ0v) is 11.5. The molecule has 1 atom stereocenters. The Hall–Kier alpha value is -1.62. The van der Waals surface area contributed by atoms with Gasteiger partial charge >= 0.3 is 0 Å². The summed E-state index contributed by atoms with van der Waals surface area (Å²) in [7, 11) is 0. The Balaban J connectivity index is 1.87. The minimum absolute atomic E-state index is 0.0138. The van der Waals surface area contributed by atoms with E-state index in [2.05, 4.69) is 28.9 Å². The quantitative estimate of drug-likeness (QED) is 0.908. The number of hydrogen-bond acceptors (Lipinski definition) is 3. The molecular weight excluding hydrogens is 240 g/mol. The minimum atomic E-state index is 0.0138. The Morgan fingerprint density at radius 3 is 3.16 bits per heavy atom. The maximum absolute atomic E-state index is 11.3. The number of fused-ring (bicyclic) bond motifs is 1. The minimum Gasteiger partial charge on any atom is -0.298 e. The maximum Gasteiger partial charge on any atom is 0.183 e. The molecule has 2 aromatic rings. The van der Waals surface area contributed by atoms with E-state index in [9.17, 15) is 4.79 Å². The van der Waals surface area contributed by atoms with Crippen LogP contribution >= 0.6 is 0 Å². The Labute approximate surface area is 112 Å². The van der Waals surface area contributed by atoms with Crippen molar-refractivity contribution in [1.29, 1.82) is 0 Å². The number of nitrogens with one attached hydrogen (secondary N) is 1. The van der Waals surface area contributed by atoms with E-state index in [4.69, 9.17) is 0 Å². The van der Waals surface area contributed by atoms with Crippen LogP contribution in [-0.4, -0.2) is 38.1 Å². The molecule has 0 aromatic carbocycles. The molecule has 3 rings (SSSR count). The van der Waals surface area contributed by atoms with E-state index in [1.54, 1.807) is 12.1 Å². The Morgan fingerprint density at radius 2 is 2.37 bits per heavy atom. The van der Waals surface area contributed by atoms with Crippen molar-refractivity contribution in [2.75, 3.05) is 6.54 Å². The largest absolute Gasteiger partial charge is 0.298 e. The lowest BCUT2D eigenvalue weighted by atomic mass is 10.1. The van der Waals surface area contributed by atoms with Gasteiger partial charge in [-0.05, 0) is 33.2 Å². The number of likely N-dealkylation sites (tertiary alicyclic amines) is 1. The average molecular weight is 260 g/mol. The van der Waals surface area contributed by atoms with E-state index in [1.807, 2.05) is 10.6 Å². The van der Waals surface area contributed by atoms with Gasteiger partial charge in [0.15, 0.2) is 5.43 Å². The lowest BCUT2D eigenvalue weighted by Gasteiger charge is -2.27. The number of H-pyrrole nitrogens is 1. The van der Waals surface area contributed by atoms with Gasteiger partial charge in [0, 0.05) is 36.8 Å². The number of nitrogens with zero attached hydrogens (tertiary/aromatic N) is 3. The van der Waals surface area contributed by atoms with Crippen LogP contribution in [0.2, 0.25) is 0 Å². The molecule has 0 bridgehead atoms. The van der Waals surface area contributed by atoms with Crippen molar-refractivity contribution in [2.45, 2.75) is 45.2 Å². The summed E-state index contributed by atoms with van der Waals surface area (Å²) in [5.74, 6) is 1.01. The number of pyridine rings is 1. The van der Waals surface area contributed by atoms with Gasteiger partial charge in [-0.1, -0.05) is 0 Å². The lowest BCUT2D eigenvalue weighted by molar-refractivity contribution is 0.200. The molecule has 1 unspecified atom stereocenters. The summed E-state index contributed by atoms with van der Waals surface area (Å²) in [5, 5.41) is 7.31. The molecule has 0 aliphatic carbocycles. The fourth-order valence-corrected chi connectivity index (χ4v) is 3.08. The Morgan fingerprint density at radius 1 is 1.53 bits per heavy atom. The first kappa shape index (κ1) is 12.4. The number of aromatic nitrogens is 3. The molecule has 5 nitrogen and oxygen atoms in total. The molecule has 19 heavy (non-hydrogen) atoms. The Kier molecular flexibility index (Phi) is 3.14. The van der Waals surface area contributed by atoms with Crippen molar-refractivity contribution in [1.82, 2.24) is 19.5 Å². The third kappa shape index (κ3) is 2.30. The van der Waals surface area contributed by atoms with Crippen molar-refractivity contribution < 1.29 is 0 Å². The van der Waals surface area contributed by atoms with E-state index in [0.717, 1.165) is 17.9 Å². The molecule has 1 aliphatic rings. The van der Waals surface area contributed by atoms with Gasteiger partial charge < -0.3 is 0 Å². The highest BCUT2D eigenvalue weighted by atomic mass is 16.1. The van der Waals surface area contributed by atoms with Gasteiger partial charge in [0.05, 0.1) is 0 Å². The van der Waals surface area contributed by atoms with Gasteiger partial charge in [-0.2, -0.15) is 5.10 Å². The van der Waals surface area contributed by atoms with Crippen molar-refractivity contribution in [3.05, 3.63) is 34.4 Å². The van der Waals surface area contributed by atoms with E-state index in [0.29, 0.717) is 12.1 Å². The molecule has 1 fully saturated rings. The maximum atomic E-state index is 11.3. The van der Waals surface area contributed by atoms with Gasteiger partial charge in [0.25, 0.3) is 0 Å². The second-order valence-electron chi connectivity index (χ2n) is 5.59. The van der Waals surface area contributed by atoms with Gasteiger partial charge in [0.2, 0.25) is 0 Å². The second kappa shape index (κ2) is 4.81. The standard InChI is InChI=1S/C14H20N4O/c1-10(2)17-6-3-4-11(17)8-13-15-16-14-9-12(19)5-7-18(13)14/h5,7,9-11,16H,3-4,6,8H2,1-2H3. The monoisotopic (exact) mass is 260 g/mol. The molecule has 102 valence electrons. The van der Waals surface area contributed by atoms with Crippen molar-refractivity contribution in [3.8, 4) is 0 Å². The number of rotatable bonds is 3. The summed E-state index contributed by atoms with van der Waals surface area (Å²) in [6.07, 6.45) is 5.24. The fourth-order valence-electron chi connectivity index (χ4n) is 3.08. The van der Waals surface area contributed by atoms with Gasteiger partial charge in [-0.15, -0.1) is 0 Å². The van der Waals surface area contributed by atoms with E-state index in [-0.39, 0.29) is 5.43 Å². The van der Waals surface area contributed by atoms with Crippen LogP contribution in [0.4, 0.5) is 0 Å². The van der Waals surface area contributed by atoms with Gasteiger partial charge in [-0.25, -0.2) is 0 Å². The van der Waals surface area contributed by atoms with Crippen LogP contribution in [0.1, 0.15) is 32.5 Å². The van der Waals surface area contributed by atoms with Crippen molar-refractivity contribution >= 4 is 5.65 Å². The third-order valence-corrected chi connectivity index (χ3v) is 4.01. The van der Waals surface area contributed by atoms with Crippen LogP contribution in [0, 0.1) is 0 Å². The van der Waals surface area contributed by atoms with E-state index < -0.39 is 0 Å². The zero-order chi connectivity index (χ0) is 13.4. The molecule has 1 N–H and O–H groups in total. The first-order chi connectivity index (χ1) is 9.15. The van der Waals surface area contributed by atoms with Crippen LogP contribution in [0.5, 0.6) is 0 Å². The molecule has 0 radical (unpaired) electrons. The summed E-state index contributed by atoms with van der Waals surface area (Å²) >= 11 is 0. The van der Waals surface area contributed by atoms with Gasteiger partial charge in [-0.3, -0.25) is 19.2 Å². The topological polar surface area (TPSA) is 53.4 Å². The molecule has 1 saturated heterocycles. The molecule has 0 spiro atoms. The average Bonchev–Trinajstić information content (AvgIpc) is 2.97. The van der Waals surface area contributed by atoms with Crippen LogP contribution in [0.3, 0.4) is 0 Å². The highest BCUT2D eigenvalue weighted by Crippen LogP contribution is 2.22. The number of hydrogen-bond donors (Lipinski definition) is 1.